The van der Waals surface area contributed by atoms with Crippen molar-refractivity contribution in [3.63, 3.8) is 0 Å². The van der Waals surface area contributed by atoms with Crippen molar-refractivity contribution in [1.82, 2.24) is 4.57 Å². The van der Waals surface area contributed by atoms with Crippen LogP contribution in [0.4, 0.5) is 17.1 Å². The zero-order chi connectivity index (χ0) is 42.4. The Kier molecular flexibility index (Phi) is 9.20. The van der Waals surface area contributed by atoms with Gasteiger partial charge in [-0.2, -0.15) is 0 Å². The quantitative estimate of drug-likeness (QED) is 0.139. The lowest BCUT2D eigenvalue weighted by molar-refractivity contribution is 1.18. The largest absolute Gasteiger partial charge is 0.310 e. The highest BCUT2D eigenvalue weighted by Crippen LogP contribution is 2.42. The SMILES string of the molecule is c1ccc(-c2ccccc2-c2cccc(N(c3ccc(-c4ccc5c6ccccc6n(-c6ccccc6)c5c4)cc3)c3ccc(-c4cccc5c4ccc4ccccc45)cc3)c2)cc1. The summed E-state index contributed by atoms with van der Waals surface area (Å²) in [6, 6.07) is 92.6. The third kappa shape index (κ3) is 6.52. The van der Waals surface area contributed by atoms with Crippen LogP contribution in [0.5, 0.6) is 0 Å². The van der Waals surface area contributed by atoms with Crippen LogP contribution in [0.3, 0.4) is 0 Å². The molecule has 0 fully saturated rings. The molecule has 0 amide bonds. The van der Waals surface area contributed by atoms with Crippen LogP contribution in [-0.2, 0) is 0 Å². The number of hydrogen-bond acceptors (Lipinski definition) is 1. The highest BCUT2D eigenvalue weighted by atomic mass is 15.1. The smallest absolute Gasteiger partial charge is 0.0547 e. The molecule has 1 heterocycles. The third-order valence-electron chi connectivity index (χ3n) is 12.8. The average molecular weight is 815 g/mol. The second-order valence-electron chi connectivity index (χ2n) is 16.5. The first-order valence-corrected chi connectivity index (χ1v) is 22.0. The molecule has 64 heavy (non-hydrogen) atoms. The molecule has 1 aromatic heterocycles. The van der Waals surface area contributed by atoms with Gasteiger partial charge in [-0.05, 0) is 127 Å². The molecule has 0 N–H and O–H groups in total. The third-order valence-corrected chi connectivity index (χ3v) is 12.8. The Bertz CT molecular complexity index is 3640. The van der Waals surface area contributed by atoms with Gasteiger partial charge in [-0.1, -0.05) is 194 Å². The summed E-state index contributed by atoms with van der Waals surface area (Å²) in [6.45, 7) is 0. The fourth-order valence-corrected chi connectivity index (χ4v) is 9.75. The molecule has 0 spiro atoms. The summed E-state index contributed by atoms with van der Waals surface area (Å²) < 4.78 is 2.39. The Morgan fingerprint density at radius 3 is 1.56 bits per heavy atom. The average Bonchev–Trinajstić information content (AvgIpc) is 3.71. The standard InChI is InChI=1S/C62H42N2/c1-3-15-44(16-4-1)53-22-9-10-24-56(53)48-18-13-21-52(41-48)63(51-37-31-46(32-38-51)55-26-14-27-57-54-23-8-7-17-45(54)33-39-58(55)57)50-35-29-43(30-36-50)47-34-40-60-59-25-11-12-28-61(59)64(62(60)42-47)49-19-5-2-6-20-49/h1-42H. The van der Waals surface area contributed by atoms with E-state index in [1.54, 1.807) is 0 Å². The van der Waals surface area contributed by atoms with Crippen molar-refractivity contribution in [2.75, 3.05) is 4.90 Å². The van der Waals surface area contributed by atoms with Gasteiger partial charge in [-0.15, -0.1) is 0 Å². The van der Waals surface area contributed by atoms with Crippen LogP contribution in [0.15, 0.2) is 255 Å². The summed E-state index contributed by atoms with van der Waals surface area (Å²) >= 11 is 0. The van der Waals surface area contributed by atoms with E-state index in [4.69, 9.17) is 0 Å². The van der Waals surface area contributed by atoms with Crippen molar-refractivity contribution >= 4 is 60.4 Å². The van der Waals surface area contributed by atoms with Gasteiger partial charge in [-0.25, -0.2) is 0 Å². The van der Waals surface area contributed by atoms with E-state index in [2.05, 4.69) is 264 Å². The van der Waals surface area contributed by atoms with Crippen LogP contribution < -0.4 is 4.90 Å². The van der Waals surface area contributed by atoms with Gasteiger partial charge in [0.2, 0.25) is 0 Å². The van der Waals surface area contributed by atoms with Gasteiger partial charge < -0.3 is 9.47 Å². The molecule has 11 aromatic carbocycles. The Labute approximate surface area is 373 Å². The van der Waals surface area contributed by atoms with Gasteiger partial charge in [0.05, 0.1) is 11.0 Å². The Hall–Kier alpha value is -8.46. The van der Waals surface area contributed by atoms with Crippen molar-refractivity contribution in [1.29, 1.82) is 0 Å². The molecule has 0 aliphatic carbocycles. The second kappa shape index (κ2) is 15.8. The number of rotatable bonds is 8. The lowest BCUT2D eigenvalue weighted by Crippen LogP contribution is -2.10. The van der Waals surface area contributed by atoms with Crippen molar-refractivity contribution in [3.05, 3.63) is 255 Å². The molecule has 2 nitrogen and oxygen atoms in total. The van der Waals surface area contributed by atoms with E-state index >= 15 is 0 Å². The van der Waals surface area contributed by atoms with Crippen LogP contribution in [-0.4, -0.2) is 4.57 Å². The van der Waals surface area contributed by atoms with Crippen LogP contribution in [0.2, 0.25) is 0 Å². The van der Waals surface area contributed by atoms with E-state index in [0.717, 1.165) is 22.7 Å². The fourth-order valence-electron chi connectivity index (χ4n) is 9.75. The maximum absolute atomic E-state index is 2.39. The maximum atomic E-state index is 2.39. The first-order chi connectivity index (χ1) is 31.7. The zero-order valence-corrected chi connectivity index (χ0v) is 35.1. The molecule has 0 atom stereocenters. The van der Waals surface area contributed by atoms with E-state index in [1.807, 2.05) is 0 Å². The lowest BCUT2D eigenvalue weighted by atomic mass is 9.94. The molecule has 0 saturated carbocycles. The first kappa shape index (κ1) is 37.3. The van der Waals surface area contributed by atoms with Crippen molar-refractivity contribution in [3.8, 4) is 50.2 Å². The zero-order valence-electron chi connectivity index (χ0n) is 35.1. The number of fused-ring (bicyclic) bond motifs is 6. The van der Waals surface area contributed by atoms with Crippen molar-refractivity contribution in [2.24, 2.45) is 0 Å². The predicted octanol–water partition coefficient (Wildman–Crippen LogP) is 17.2. The molecule has 12 rings (SSSR count). The molecule has 0 saturated heterocycles. The van der Waals surface area contributed by atoms with Crippen LogP contribution in [0, 0.1) is 0 Å². The number of aromatic nitrogens is 1. The van der Waals surface area contributed by atoms with Crippen LogP contribution in [0.1, 0.15) is 0 Å². The molecule has 300 valence electrons. The lowest BCUT2D eigenvalue weighted by Gasteiger charge is -2.27. The maximum Gasteiger partial charge on any atom is 0.0547 e. The predicted molar refractivity (Wildman–Crippen MR) is 272 cm³/mol. The van der Waals surface area contributed by atoms with E-state index in [0.29, 0.717) is 0 Å². The number of hydrogen-bond donors (Lipinski definition) is 0. The normalized spacial score (nSPS) is 11.4. The highest BCUT2D eigenvalue weighted by molar-refractivity contribution is 6.12. The van der Waals surface area contributed by atoms with Gasteiger partial charge >= 0.3 is 0 Å². The van der Waals surface area contributed by atoms with Crippen LogP contribution in [0.25, 0.3) is 93.5 Å². The summed E-state index contributed by atoms with van der Waals surface area (Å²) in [6.07, 6.45) is 0. The summed E-state index contributed by atoms with van der Waals surface area (Å²) in [5.74, 6) is 0. The summed E-state index contributed by atoms with van der Waals surface area (Å²) in [4.78, 5) is 2.38. The molecule has 0 aliphatic heterocycles. The minimum absolute atomic E-state index is 1.08. The van der Waals surface area contributed by atoms with Gasteiger partial charge in [-0.3, -0.25) is 0 Å². The van der Waals surface area contributed by atoms with E-state index in [9.17, 15) is 0 Å². The Balaban J connectivity index is 0.968. The van der Waals surface area contributed by atoms with Crippen LogP contribution >= 0.6 is 0 Å². The topological polar surface area (TPSA) is 8.17 Å². The Morgan fingerprint density at radius 1 is 0.250 bits per heavy atom. The summed E-state index contributed by atoms with van der Waals surface area (Å²) in [5.41, 5.74) is 16.4. The Morgan fingerprint density at radius 2 is 0.781 bits per heavy atom. The number of para-hydroxylation sites is 2. The number of benzene rings is 11. The minimum atomic E-state index is 1.08. The molecular weight excluding hydrogens is 773 g/mol. The molecule has 2 heteroatoms. The highest BCUT2D eigenvalue weighted by Gasteiger charge is 2.18. The van der Waals surface area contributed by atoms with Crippen molar-refractivity contribution in [2.45, 2.75) is 0 Å². The van der Waals surface area contributed by atoms with Gasteiger partial charge in [0, 0.05) is 33.5 Å². The number of anilines is 3. The second-order valence-corrected chi connectivity index (χ2v) is 16.5. The molecule has 0 unspecified atom stereocenters. The first-order valence-electron chi connectivity index (χ1n) is 22.0. The van der Waals surface area contributed by atoms with Gasteiger partial charge in [0.15, 0.2) is 0 Å². The molecule has 0 aliphatic rings. The van der Waals surface area contributed by atoms with Gasteiger partial charge in [0.1, 0.15) is 0 Å². The molecule has 12 aromatic rings. The van der Waals surface area contributed by atoms with Gasteiger partial charge in [0.25, 0.3) is 0 Å². The summed E-state index contributed by atoms with van der Waals surface area (Å²) in [5, 5.41) is 7.57. The molecule has 0 radical (unpaired) electrons. The molecular formula is C62H42N2. The monoisotopic (exact) mass is 814 g/mol. The molecule has 0 bridgehead atoms. The number of nitrogens with zero attached hydrogens (tertiary/aromatic N) is 2. The van der Waals surface area contributed by atoms with E-state index in [-0.39, 0.29) is 0 Å². The van der Waals surface area contributed by atoms with E-state index in [1.165, 1.54) is 87.9 Å². The fraction of sp³-hybridized carbons (Fsp3) is 0. The summed E-state index contributed by atoms with van der Waals surface area (Å²) in [7, 11) is 0. The minimum Gasteiger partial charge on any atom is -0.310 e. The van der Waals surface area contributed by atoms with E-state index < -0.39 is 0 Å². The van der Waals surface area contributed by atoms with Crippen molar-refractivity contribution < 1.29 is 0 Å².